The molecule has 124 valence electrons. The molecule has 0 aliphatic carbocycles. The van der Waals surface area contributed by atoms with Crippen LogP contribution in [0.4, 0.5) is 10.5 Å². The molecule has 3 rings (SSSR count). The van der Waals surface area contributed by atoms with Crippen molar-refractivity contribution >= 4 is 23.9 Å². The van der Waals surface area contributed by atoms with E-state index in [2.05, 4.69) is 29.6 Å². The van der Waals surface area contributed by atoms with Gasteiger partial charge in [-0.25, -0.2) is 4.79 Å². The third-order valence-electron chi connectivity index (χ3n) is 3.64. The van der Waals surface area contributed by atoms with Gasteiger partial charge in [-0.3, -0.25) is 5.32 Å². The van der Waals surface area contributed by atoms with Crippen LogP contribution in [0.5, 0.6) is 0 Å². The fourth-order valence-corrected chi connectivity index (χ4v) is 2.31. The molecule has 3 heteroatoms. The van der Waals surface area contributed by atoms with Crippen LogP contribution in [0.1, 0.15) is 16.7 Å². The third-order valence-corrected chi connectivity index (χ3v) is 3.64. The third kappa shape index (κ3) is 5.36. The average molecular weight is 329 g/mol. The minimum absolute atomic E-state index is 0.237. The molecule has 3 nitrogen and oxygen atoms in total. The predicted octanol–water partition coefficient (Wildman–Crippen LogP) is 5.61. The van der Waals surface area contributed by atoms with E-state index in [1.807, 2.05) is 72.8 Å². The molecule has 0 spiro atoms. The molecule has 0 saturated heterocycles. The molecule has 25 heavy (non-hydrogen) atoms. The van der Waals surface area contributed by atoms with Gasteiger partial charge in [-0.05, 0) is 28.8 Å². The lowest BCUT2D eigenvalue weighted by molar-refractivity contribution is 0.155. The van der Waals surface area contributed by atoms with Crippen molar-refractivity contribution < 1.29 is 9.53 Å². The highest BCUT2D eigenvalue weighted by Gasteiger charge is 2.03. The summed E-state index contributed by atoms with van der Waals surface area (Å²) >= 11 is 0. The van der Waals surface area contributed by atoms with E-state index in [4.69, 9.17) is 4.74 Å². The lowest BCUT2D eigenvalue weighted by Crippen LogP contribution is -2.13. The van der Waals surface area contributed by atoms with Crippen LogP contribution in [-0.2, 0) is 11.3 Å². The summed E-state index contributed by atoms with van der Waals surface area (Å²) < 4.78 is 5.23. The number of hydrogen-bond donors (Lipinski definition) is 1. The monoisotopic (exact) mass is 329 g/mol. The highest BCUT2D eigenvalue weighted by molar-refractivity contribution is 5.84. The minimum Gasteiger partial charge on any atom is -0.444 e. The molecule has 0 atom stereocenters. The van der Waals surface area contributed by atoms with Gasteiger partial charge in [0.15, 0.2) is 0 Å². The van der Waals surface area contributed by atoms with Crippen LogP contribution in [0.15, 0.2) is 84.9 Å². The summed E-state index contributed by atoms with van der Waals surface area (Å²) in [7, 11) is 0. The summed E-state index contributed by atoms with van der Waals surface area (Å²) in [6, 6.07) is 27.3. The van der Waals surface area contributed by atoms with Gasteiger partial charge in [0, 0.05) is 5.69 Å². The molecule has 3 aromatic carbocycles. The number of nitrogens with one attached hydrogen (secondary N) is 1. The number of carbonyl (C=O) groups excluding carboxylic acids is 1. The van der Waals surface area contributed by atoms with Crippen molar-refractivity contribution in [3.63, 3.8) is 0 Å². The molecule has 0 fully saturated rings. The molecule has 0 aromatic heterocycles. The predicted molar refractivity (Wildman–Crippen MR) is 102 cm³/mol. The van der Waals surface area contributed by atoms with Crippen LogP contribution in [0.2, 0.25) is 0 Å². The first-order valence-corrected chi connectivity index (χ1v) is 8.10. The lowest BCUT2D eigenvalue weighted by Gasteiger charge is -2.07. The maximum atomic E-state index is 11.8. The summed E-state index contributed by atoms with van der Waals surface area (Å²) in [6.45, 7) is 0.237. The zero-order valence-electron chi connectivity index (χ0n) is 13.8. The maximum absolute atomic E-state index is 11.8. The van der Waals surface area contributed by atoms with Crippen molar-refractivity contribution in [1.29, 1.82) is 0 Å². The second-order valence-corrected chi connectivity index (χ2v) is 5.55. The quantitative estimate of drug-likeness (QED) is 0.618. The van der Waals surface area contributed by atoms with E-state index < -0.39 is 6.09 Å². The van der Waals surface area contributed by atoms with Crippen molar-refractivity contribution in [2.75, 3.05) is 5.32 Å². The number of anilines is 1. The Labute approximate surface area is 147 Å². The summed E-state index contributed by atoms with van der Waals surface area (Å²) in [4.78, 5) is 11.8. The van der Waals surface area contributed by atoms with E-state index >= 15 is 0 Å². The van der Waals surface area contributed by atoms with Gasteiger partial charge in [-0.1, -0.05) is 84.9 Å². The Morgan fingerprint density at radius 3 is 1.96 bits per heavy atom. The number of hydrogen-bond acceptors (Lipinski definition) is 2. The Morgan fingerprint density at radius 1 is 0.760 bits per heavy atom. The minimum atomic E-state index is -0.459. The van der Waals surface area contributed by atoms with Gasteiger partial charge in [0.05, 0.1) is 0 Å². The number of rotatable bonds is 5. The van der Waals surface area contributed by atoms with Crippen LogP contribution in [0.3, 0.4) is 0 Å². The van der Waals surface area contributed by atoms with Crippen molar-refractivity contribution in [1.82, 2.24) is 0 Å². The smallest absolute Gasteiger partial charge is 0.411 e. The van der Waals surface area contributed by atoms with E-state index in [0.29, 0.717) is 5.69 Å². The van der Waals surface area contributed by atoms with Crippen molar-refractivity contribution in [3.05, 3.63) is 102 Å². The highest BCUT2D eigenvalue weighted by Crippen LogP contribution is 2.11. The fraction of sp³-hybridized carbons (Fsp3) is 0.0455. The van der Waals surface area contributed by atoms with Crippen molar-refractivity contribution in [2.45, 2.75) is 6.61 Å². The van der Waals surface area contributed by atoms with Gasteiger partial charge < -0.3 is 4.74 Å². The number of benzene rings is 3. The zero-order valence-corrected chi connectivity index (χ0v) is 13.8. The summed E-state index contributed by atoms with van der Waals surface area (Å²) in [5.74, 6) is 0. The zero-order chi connectivity index (χ0) is 17.3. The first-order chi connectivity index (χ1) is 12.3. The van der Waals surface area contributed by atoms with E-state index in [0.717, 1.165) is 16.7 Å². The standard InChI is InChI=1S/C22H19NO2/c24-22(23-21-9-5-2-6-10-21)25-17-20-15-13-19(14-16-20)12-11-18-7-3-1-4-8-18/h1-16H,17H2,(H,23,24)/b12-11+. The van der Waals surface area contributed by atoms with Gasteiger partial charge in [0.1, 0.15) is 6.61 Å². The van der Waals surface area contributed by atoms with Crippen LogP contribution < -0.4 is 5.32 Å². The number of carbonyl (C=O) groups is 1. The second kappa shape index (κ2) is 8.50. The Kier molecular flexibility index (Phi) is 5.62. The Hall–Kier alpha value is -3.33. The van der Waals surface area contributed by atoms with Crippen LogP contribution in [0, 0.1) is 0 Å². The van der Waals surface area contributed by atoms with E-state index in [-0.39, 0.29) is 6.61 Å². The molecule has 0 radical (unpaired) electrons. The summed E-state index contributed by atoms with van der Waals surface area (Å²) in [6.07, 6.45) is 3.67. The van der Waals surface area contributed by atoms with Crippen LogP contribution in [-0.4, -0.2) is 6.09 Å². The molecule has 1 amide bonds. The molecule has 0 unspecified atom stereocenters. The SMILES string of the molecule is O=C(Nc1ccccc1)OCc1ccc(/C=C/c2ccccc2)cc1. The number of amides is 1. The van der Waals surface area contributed by atoms with E-state index in [1.165, 1.54) is 0 Å². The number of para-hydroxylation sites is 1. The first-order valence-electron chi connectivity index (χ1n) is 8.10. The molecule has 0 saturated carbocycles. The van der Waals surface area contributed by atoms with Gasteiger partial charge in [-0.2, -0.15) is 0 Å². The number of ether oxygens (including phenoxy) is 1. The molecule has 3 aromatic rings. The van der Waals surface area contributed by atoms with Crippen LogP contribution in [0.25, 0.3) is 12.2 Å². The fourth-order valence-electron chi connectivity index (χ4n) is 2.31. The largest absolute Gasteiger partial charge is 0.444 e. The lowest BCUT2D eigenvalue weighted by atomic mass is 10.1. The highest BCUT2D eigenvalue weighted by atomic mass is 16.5. The van der Waals surface area contributed by atoms with Crippen molar-refractivity contribution in [3.8, 4) is 0 Å². The maximum Gasteiger partial charge on any atom is 0.411 e. The van der Waals surface area contributed by atoms with E-state index in [1.54, 1.807) is 0 Å². The average Bonchev–Trinajstić information content (AvgIpc) is 2.67. The topological polar surface area (TPSA) is 38.3 Å². The van der Waals surface area contributed by atoms with Crippen molar-refractivity contribution in [2.24, 2.45) is 0 Å². The molecule has 0 aliphatic rings. The molecular formula is C22H19NO2. The van der Waals surface area contributed by atoms with Gasteiger partial charge in [-0.15, -0.1) is 0 Å². The normalized spacial score (nSPS) is 10.6. The molecule has 0 bridgehead atoms. The second-order valence-electron chi connectivity index (χ2n) is 5.55. The summed E-state index contributed by atoms with van der Waals surface area (Å²) in [5.41, 5.74) is 3.92. The summed E-state index contributed by atoms with van der Waals surface area (Å²) in [5, 5.41) is 2.69. The Bertz CT molecular complexity index is 825. The van der Waals surface area contributed by atoms with Crippen LogP contribution >= 0.6 is 0 Å². The Morgan fingerprint density at radius 2 is 1.32 bits per heavy atom. The molecule has 0 heterocycles. The van der Waals surface area contributed by atoms with E-state index in [9.17, 15) is 4.79 Å². The molecule has 1 N–H and O–H groups in total. The Balaban J connectivity index is 1.51. The molecular weight excluding hydrogens is 310 g/mol. The van der Waals surface area contributed by atoms with Gasteiger partial charge in [0.2, 0.25) is 0 Å². The molecule has 0 aliphatic heterocycles. The van der Waals surface area contributed by atoms with Gasteiger partial charge in [0.25, 0.3) is 0 Å². The first kappa shape index (κ1) is 16.5. The van der Waals surface area contributed by atoms with Gasteiger partial charge >= 0.3 is 6.09 Å².